The van der Waals surface area contributed by atoms with E-state index in [9.17, 15) is 4.79 Å². The summed E-state index contributed by atoms with van der Waals surface area (Å²) >= 11 is 0. The van der Waals surface area contributed by atoms with Crippen molar-refractivity contribution in [2.24, 2.45) is 0 Å². The predicted molar refractivity (Wildman–Crippen MR) is 142 cm³/mol. The number of hydrogen-bond donors (Lipinski definition) is 1. The number of carbonyl (C=O) groups is 1. The van der Waals surface area contributed by atoms with Crippen LogP contribution in [0.4, 0.5) is 0 Å². The number of hydrogen-bond acceptors (Lipinski definition) is 9. The lowest BCUT2D eigenvalue weighted by Crippen LogP contribution is -2.27. The molecule has 0 radical (unpaired) electrons. The molecule has 0 aliphatic carbocycles. The van der Waals surface area contributed by atoms with Gasteiger partial charge in [-0.05, 0) is 30.9 Å². The molecule has 204 valence electrons. The molecule has 1 aliphatic heterocycles. The van der Waals surface area contributed by atoms with Gasteiger partial charge in [-0.25, -0.2) is 9.97 Å². The van der Waals surface area contributed by atoms with Crippen LogP contribution in [-0.4, -0.2) is 58.9 Å². The highest BCUT2D eigenvalue weighted by Crippen LogP contribution is 2.36. The number of aromatic nitrogens is 4. The molecule has 0 saturated carbocycles. The van der Waals surface area contributed by atoms with Gasteiger partial charge in [0.2, 0.25) is 11.8 Å². The van der Waals surface area contributed by atoms with Crippen LogP contribution in [0, 0.1) is 0 Å². The molecule has 1 atom stereocenters. The lowest BCUT2D eigenvalue weighted by Gasteiger charge is -2.22. The number of methoxy groups -OCH3 is 1. The number of nitrogens with zero attached hydrogens (tertiary/aromatic N) is 4. The molecule has 0 spiro atoms. The van der Waals surface area contributed by atoms with Gasteiger partial charge in [0, 0.05) is 19.2 Å². The minimum absolute atomic E-state index is 0.0613. The van der Waals surface area contributed by atoms with Gasteiger partial charge in [-0.15, -0.1) is 0 Å². The van der Waals surface area contributed by atoms with Gasteiger partial charge in [0.25, 0.3) is 0 Å². The van der Waals surface area contributed by atoms with Gasteiger partial charge in [0.15, 0.2) is 23.5 Å². The zero-order valence-corrected chi connectivity index (χ0v) is 21.7. The Balaban J connectivity index is 1.19. The summed E-state index contributed by atoms with van der Waals surface area (Å²) in [6.07, 6.45) is 7.51. The van der Waals surface area contributed by atoms with Crippen LogP contribution in [0.5, 0.6) is 23.1 Å². The molecule has 1 saturated heterocycles. The Hall–Kier alpha value is -4.22. The average Bonchev–Trinajstić information content (AvgIpc) is 3.41. The normalized spacial score (nSPS) is 15.2. The van der Waals surface area contributed by atoms with Crippen LogP contribution in [0.3, 0.4) is 0 Å². The van der Waals surface area contributed by atoms with E-state index in [2.05, 4.69) is 20.4 Å². The van der Waals surface area contributed by atoms with Crippen molar-refractivity contribution in [1.82, 2.24) is 25.1 Å². The second-order valence-corrected chi connectivity index (χ2v) is 8.95. The molecule has 4 aromatic rings. The van der Waals surface area contributed by atoms with Crippen LogP contribution in [-0.2, 0) is 27.4 Å². The standard InChI is InChI=1S/C28H31N5O6/c1-35-24-13-22-23(14-25(24)36-11-12-38-27-9-5-6-10-37-27)30-19-31-28(22)39-21-16-32-33(17-21)18-26(34)29-15-20-7-3-2-4-8-20/h2-4,7-8,13-14,16-17,19,27H,5-6,9-12,15,18H2,1H3,(H,29,34). The van der Waals surface area contributed by atoms with E-state index in [0.29, 0.717) is 53.8 Å². The van der Waals surface area contributed by atoms with Crippen molar-refractivity contribution >= 4 is 16.8 Å². The van der Waals surface area contributed by atoms with Gasteiger partial charge in [-0.3, -0.25) is 9.48 Å². The second kappa shape index (κ2) is 13.0. The van der Waals surface area contributed by atoms with E-state index in [1.165, 1.54) is 17.2 Å². The zero-order chi connectivity index (χ0) is 26.9. The quantitative estimate of drug-likeness (QED) is 0.271. The van der Waals surface area contributed by atoms with Crippen molar-refractivity contribution in [2.75, 3.05) is 26.9 Å². The van der Waals surface area contributed by atoms with Crippen molar-refractivity contribution in [3.63, 3.8) is 0 Å². The van der Waals surface area contributed by atoms with E-state index < -0.39 is 0 Å². The zero-order valence-electron chi connectivity index (χ0n) is 21.7. The number of amides is 1. The van der Waals surface area contributed by atoms with Crippen molar-refractivity contribution in [3.05, 3.63) is 66.7 Å². The number of rotatable bonds is 12. The van der Waals surface area contributed by atoms with Gasteiger partial charge < -0.3 is 29.0 Å². The largest absolute Gasteiger partial charge is 0.493 e. The van der Waals surface area contributed by atoms with Crippen LogP contribution in [0.25, 0.3) is 10.9 Å². The Kier molecular flexibility index (Phi) is 8.82. The van der Waals surface area contributed by atoms with Crippen LogP contribution in [0.1, 0.15) is 24.8 Å². The molecule has 1 fully saturated rings. The SMILES string of the molecule is COc1cc2c(Oc3cnn(CC(=O)NCc4ccccc4)c3)ncnc2cc1OCCOC1CCCCO1. The Morgan fingerprint density at radius 2 is 2.03 bits per heavy atom. The average molecular weight is 534 g/mol. The summed E-state index contributed by atoms with van der Waals surface area (Å²) in [6, 6.07) is 13.3. The monoisotopic (exact) mass is 533 g/mol. The summed E-state index contributed by atoms with van der Waals surface area (Å²) < 4.78 is 30.3. The smallest absolute Gasteiger partial charge is 0.242 e. The van der Waals surface area contributed by atoms with E-state index in [1.54, 1.807) is 25.4 Å². The third-order valence-electron chi connectivity index (χ3n) is 6.13. The number of benzene rings is 2. The Labute approximate surface area is 226 Å². The van der Waals surface area contributed by atoms with Gasteiger partial charge in [0.1, 0.15) is 19.5 Å². The molecule has 3 heterocycles. The van der Waals surface area contributed by atoms with Gasteiger partial charge in [0.05, 0.1) is 37.0 Å². The molecule has 1 amide bonds. The van der Waals surface area contributed by atoms with E-state index in [-0.39, 0.29) is 18.7 Å². The Bertz CT molecular complexity index is 1370. The first-order valence-electron chi connectivity index (χ1n) is 12.9. The summed E-state index contributed by atoms with van der Waals surface area (Å²) in [5.41, 5.74) is 1.65. The lowest BCUT2D eigenvalue weighted by molar-refractivity contribution is -0.165. The van der Waals surface area contributed by atoms with Gasteiger partial charge in [-0.2, -0.15) is 5.10 Å². The third-order valence-corrected chi connectivity index (χ3v) is 6.13. The van der Waals surface area contributed by atoms with E-state index >= 15 is 0 Å². The minimum Gasteiger partial charge on any atom is -0.493 e. The molecular formula is C28H31N5O6. The van der Waals surface area contributed by atoms with Crippen LogP contribution < -0.4 is 19.5 Å². The number of ether oxygens (including phenoxy) is 5. The summed E-state index contributed by atoms with van der Waals surface area (Å²) in [6.45, 7) is 1.99. The molecule has 1 N–H and O–H groups in total. The molecule has 5 rings (SSSR count). The maximum Gasteiger partial charge on any atom is 0.242 e. The van der Waals surface area contributed by atoms with Crippen LogP contribution >= 0.6 is 0 Å². The third kappa shape index (κ3) is 7.21. The molecule has 2 aromatic carbocycles. The topological polar surface area (TPSA) is 119 Å². The summed E-state index contributed by atoms with van der Waals surface area (Å²) in [5.74, 6) is 1.66. The van der Waals surface area contributed by atoms with Gasteiger partial charge in [-0.1, -0.05) is 30.3 Å². The first-order valence-corrected chi connectivity index (χ1v) is 12.9. The lowest BCUT2D eigenvalue weighted by atomic mass is 10.2. The maximum atomic E-state index is 12.3. The number of carbonyl (C=O) groups excluding carboxylic acids is 1. The fourth-order valence-corrected chi connectivity index (χ4v) is 4.16. The van der Waals surface area contributed by atoms with Crippen molar-refractivity contribution in [1.29, 1.82) is 0 Å². The second-order valence-electron chi connectivity index (χ2n) is 8.95. The fourth-order valence-electron chi connectivity index (χ4n) is 4.16. The summed E-state index contributed by atoms with van der Waals surface area (Å²) in [4.78, 5) is 21.0. The first kappa shape index (κ1) is 26.4. The van der Waals surface area contributed by atoms with Crippen molar-refractivity contribution in [2.45, 2.75) is 38.6 Å². The Morgan fingerprint density at radius 3 is 2.85 bits per heavy atom. The van der Waals surface area contributed by atoms with Gasteiger partial charge >= 0.3 is 0 Å². The molecule has 11 nitrogen and oxygen atoms in total. The van der Waals surface area contributed by atoms with Crippen molar-refractivity contribution < 1.29 is 28.5 Å². The van der Waals surface area contributed by atoms with Crippen molar-refractivity contribution in [3.8, 4) is 23.1 Å². The number of nitrogens with one attached hydrogen (secondary N) is 1. The summed E-state index contributed by atoms with van der Waals surface area (Å²) in [7, 11) is 1.57. The number of fused-ring (bicyclic) bond motifs is 1. The van der Waals surface area contributed by atoms with Crippen LogP contribution in [0.15, 0.2) is 61.2 Å². The van der Waals surface area contributed by atoms with E-state index in [0.717, 1.165) is 31.4 Å². The highest BCUT2D eigenvalue weighted by Gasteiger charge is 2.16. The van der Waals surface area contributed by atoms with E-state index in [1.807, 2.05) is 30.3 Å². The molecule has 1 aliphatic rings. The van der Waals surface area contributed by atoms with E-state index in [4.69, 9.17) is 23.7 Å². The molecule has 1 unspecified atom stereocenters. The molecule has 39 heavy (non-hydrogen) atoms. The highest BCUT2D eigenvalue weighted by atomic mass is 16.7. The minimum atomic E-state index is -0.165. The molecular weight excluding hydrogens is 502 g/mol. The first-order chi connectivity index (χ1) is 19.2. The highest BCUT2D eigenvalue weighted by molar-refractivity contribution is 5.87. The molecule has 0 bridgehead atoms. The molecule has 2 aromatic heterocycles. The maximum absolute atomic E-state index is 12.3. The summed E-state index contributed by atoms with van der Waals surface area (Å²) in [5, 5.41) is 7.76. The molecule has 11 heteroatoms. The predicted octanol–water partition coefficient (Wildman–Crippen LogP) is 3.87. The Morgan fingerprint density at radius 1 is 1.13 bits per heavy atom. The van der Waals surface area contributed by atoms with Crippen LogP contribution in [0.2, 0.25) is 0 Å². The fraction of sp³-hybridized carbons (Fsp3) is 0.357.